The fraction of sp³-hybridized carbons (Fsp3) is 0.667. The Bertz CT molecular complexity index is 204. The zero-order chi connectivity index (χ0) is 16.1. The van der Waals surface area contributed by atoms with Gasteiger partial charge in [0.15, 0.2) is 0 Å². The van der Waals surface area contributed by atoms with Gasteiger partial charge in [-0.1, -0.05) is 76.0 Å². The number of methoxy groups -OCH3 is 1. The van der Waals surface area contributed by atoms with E-state index in [4.69, 9.17) is 0 Å². The minimum Gasteiger partial charge on any atom is -0.388 e. The van der Waals surface area contributed by atoms with Crippen LogP contribution in [0.3, 0.4) is 0 Å². The number of rotatable bonds is 3. The standard InChI is InChI=1S/C10H16.C4H10.C2H6O.C2H6/c1-5-10(4)8-6-7-9(2)3;1-3-4-2;1-3-2;1-2/h5-8H,1-4H3;3-4H2,1-2H3;1-2H3;1-2H3/b8-6-,10-5-;;;. The topological polar surface area (TPSA) is 9.23 Å². The maximum Gasteiger partial charge on any atom is 0.0351 e. The molecule has 0 atom stereocenters. The van der Waals surface area contributed by atoms with E-state index < -0.39 is 0 Å². The van der Waals surface area contributed by atoms with Crippen LogP contribution in [0.4, 0.5) is 0 Å². The lowest BCUT2D eigenvalue weighted by Crippen LogP contribution is -1.64. The molecule has 0 unspecified atom stereocenters. The summed E-state index contributed by atoms with van der Waals surface area (Å²) in [6, 6.07) is 0. The van der Waals surface area contributed by atoms with Crippen LogP contribution in [0.5, 0.6) is 0 Å². The van der Waals surface area contributed by atoms with Crippen LogP contribution in [-0.2, 0) is 4.74 Å². The smallest absolute Gasteiger partial charge is 0.0351 e. The van der Waals surface area contributed by atoms with Crippen molar-refractivity contribution in [3.05, 3.63) is 35.5 Å². The molecule has 0 aromatic rings. The second-order valence-corrected chi connectivity index (χ2v) is 4.04. The van der Waals surface area contributed by atoms with E-state index in [1.54, 1.807) is 14.2 Å². The first kappa shape index (κ1) is 26.7. The molecule has 0 aliphatic heterocycles. The van der Waals surface area contributed by atoms with E-state index in [0.29, 0.717) is 0 Å². The van der Waals surface area contributed by atoms with Gasteiger partial charge in [-0.3, -0.25) is 0 Å². The van der Waals surface area contributed by atoms with E-state index in [0.717, 1.165) is 0 Å². The first-order valence-corrected chi connectivity index (χ1v) is 7.34. The van der Waals surface area contributed by atoms with Crippen LogP contribution in [0.2, 0.25) is 0 Å². The second kappa shape index (κ2) is 30.3. The summed E-state index contributed by atoms with van der Waals surface area (Å²) in [7, 11) is 3.25. The first-order valence-electron chi connectivity index (χ1n) is 7.34. The van der Waals surface area contributed by atoms with Gasteiger partial charge in [-0.15, -0.1) is 0 Å². The van der Waals surface area contributed by atoms with Crippen LogP contribution in [-0.4, -0.2) is 14.2 Å². The van der Waals surface area contributed by atoms with Gasteiger partial charge in [0.2, 0.25) is 0 Å². The third kappa shape index (κ3) is 59.2. The minimum absolute atomic E-state index is 1.30. The molecule has 0 aromatic heterocycles. The van der Waals surface area contributed by atoms with Gasteiger partial charge >= 0.3 is 0 Å². The lowest BCUT2D eigenvalue weighted by Gasteiger charge is -1.85. The van der Waals surface area contributed by atoms with Crippen molar-refractivity contribution in [2.24, 2.45) is 0 Å². The van der Waals surface area contributed by atoms with Crippen molar-refractivity contribution in [2.75, 3.05) is 14.2 Å². The zero-order valence-electron chi connectivity index (χ0n) is 15.1. The summed E-state index contributed by atoms with van der Waals surface area (Å²) in [5, 5.41) is 0. The summed E-state index contributed by atoms with van der Waals surface area (Å²) in [5.74, 6) is 0. The predicted molar refractivity (Wildman–Crippen MR) is 92.9 cm³/mol. The van der Waals surface area contributed by atoms with Crippen molar-refractivity contribution >= 4 is 0 Å². The number of ether oxygens (including phenoxy) is 1. The van der Waals surface area contributed by atoms with Gasteiger partial charge in [-0.2, -0.15) is 0 Å². The SMILES string of the molecule is C/C=C(C)\C=C/C=C(C)C.CC.CCCC.COC. The molecule has 0 amide bonds. The molecule has 0 aromatic carbocycles. The Morgan fingerprint density at radius 2 is 1.32 bits per heavy atom. The van der Waals surface area contributed by atoms with Crippen molar-refractivity contribution in [3.63, 3.8) is 0 Å². The highest BCUT2D eigenvalue weighted by atomic mass is 16.4. The molecule has 1 heteroatoms. The first-order chi connectivity index (χ1) is 8.99. The predicted octanol–water partition coefficient (Wildman–Crippen LogP) is 6.57. The van der Waals surface area contributed by atoms with Crippen molar-refractivity contribution < 1.29 is 4.74 Å². The fourth-order valence-corrected chi connectivity index (χ4v) is 0.489. The lowest BCUT2D eigenvalue weighted by molar-refractivity contribution is 0.277. The highest BCUT2D eigenvalue weighted by molar-refractivity contribution is 5.20. The Kier molecular flexibility index (Phi) is 42.6. The normalized spacial score (nSPS) is 9.26. The number of hydrogen-bond donors (Lipinski definition) is 0. The van der Waals surface area contributed by atoms with Gasteiger partial charge in [0.25, 0.3) is 0 Å². The van der Waals surface area contributed by atoms with Gasteiger partial charge in [0.05, 0.1) is 0 Å². The molecule has 0 aliphatic rings. The number of hydrogen-bond acceptors (Lipinski definition) is 1. The summed E-state index contributed by atoms with van der Waals surface area (Å²) in [5.41, 5.74) is 2.64. The average molecular weight is 271 g/mol. The van der Waals surface area contributed by atoms with E-state index in [9.17, 15) is 0 Å². The Hall–Kier alpha value is -0.820. The van der Waals surface area contributed by atoms with Crippen LogP contribution in [0.15, 0.2) is 35.5 Å². The molecular formula is C18H38O. The van der Waals surface area contributed by atoms with Gasteiger partial charge in [-0.25, -0.2) is 0 Å². The van der Waals surface area contributed by atoms with Gasteiger partial charge in [0, 0.05) is 14.2 Å². The Labute approximate surface area is 123 Å². The molecule has 1 nitrogen and oxygen atoms in total. The molecule has 0 saturated carbocycles. The Morgan fingerprint density at radius 3 is 1.53 bits per heavy atom. The maximum atomic E-state index is 4.25. The van der Waals surface area contributed by atoms with Gasteiger partial charge in [-0.05, 0) is 27.7 Å². The zero-order valence-corrected chi connectivity index (χ0v) is 15.1. The molecule has 0 saturated heterocycles. The van der Waals surface area contributed by atoms with Crippen LogP contribution in [0.25, 0.3) is 0 Å². The van der Waals surface area contributed by atoms with Crippen LogP contribution in [0.1, 0.15) is 68.2 Å². The average Bonchev–Trinajstić information content (AvgIpc) is 2.41. The fourth-order valence-electron chi connectivity index (χ4n) is 0.489. The molecule has 0 fully saturated rings. The summed E-state index contributed by atoms with van der Waals surface area (Å²) >= 11 is 0. The molecule has 0 N–H and O–H groups in total. The van der Waals surface area contributed by atoms with Gasteiger partial charge < -0.3 is 4.74 Å². The van der Waals surface area contributed by atoms with E-state index in [1.807, 2.05) is 20.8 Å². The van der Waals surface area contributed by atoms with Crippen LogP contribution < -0.4 is 0 Å². The summed E-state index contributed by atoms with van der Waals surface area (Å²) in [6.07, 6.45) is 11.0. The molecule has 0 rings (SSSR count). The highest BCUT2D eigenvalue weighted by Gasteiger charge is 1.74. The van der Waals surface area contributed by atoms with Crippen molar-refractivity contribution in [1.29, 1.82) is 0 Å². The van der Waals surface area contributed by atoms with Crippen molar-refractivity contribution in [1.82, 2.24) is 0 Å². The molecule has 19 heavy (non-hydrogen) atoms. The maximum absolute atomic E-state index is 4.25. The summed E-state index contributed by atoms with van der Waals surface area (Å²) in [4.78, 5) is 0. The van der Waals surface area contributed by atoms with Crippen LogP contribution in [0, 0.1) is 0 Å². The van der Waals surface area contributed by atoms with E-state index >= 15 is 0 Å². The van der Waals surface area contributed by atoms with E-state index in [-0.39, 0.29) is 0 Å². The van der Waals surface area contributed by atoms with Crippen LogP contribution >= 0.6 is 0 Å². The van der Waals surface area contributed by atoms with Crippen molar-refractivity contribution in [3.8, 4) is 0 Å². The number of allylic oxidation sites excluding steroid dienone is 6. The summed E-state index contributed by atoms with van der Waals surface area (Å²) < 4.78 is 4.25. The third-order valence-corrected chi connectivity index (χ3v) is 1.74. The van der Waals surface area contributed by atoms with E-state index in [1.165, 1.54) is 24.0 Å². The van der Waals surface area contributed by atoms with Crippen molar-refractivity contribution in [2.45, 2.75) is 68.2 Å². The molecular weight excluding hydrogens is 232 g/mol. The molecule has 0 bridgehead atoms. The summed E-state index contributed by atoms with van der Waals surface area (Å²) in [6.45, 7) is 16.7. The minimum atomic E-state index is 1.30. The number of unbranched alkanes of at least 4 members (excludes halogenated alkanes) is 1. The molecule has 0 heterocycles. The molecule has 116 valence electrons. The molecule has 0 spiro atoms. The lowest BCUT2D eigenvalue weighted by atomic mass is 10.2. The second-order valence-electron chi connectivity index (χ2n) is 4.04. The third-order valence-electron chi connectivity index (χ3n) is 1.74. The highest BCUT2D eigenvalue weighted by Crippen LogP contribution is 1.95. The monoisotopic (exact) mass is 270 g/mol. The molecule has 0 aliphatic carbocycles. The Morgan fingerprint density at radius 1 is 0.947 bits per heavy atom. The van der Waals surface area contributed by atoms with Gasteiger partial charge in [0.1, 0.15) is 0 Å². The Balaban J connectivity index is -0.000000104. The quantitative estimate of drug-likeness (QED) is 0.527. The largest absolute Gasteiger partial charge is 0.388 e. The van der Waals surface area contributed by atoms with E-state index in [2.05, 4.69) is 63.7 Å². The molecule has 0 radical (unpaired) electrons.